The van der Waals surface area contributed by atoms with Crippen molar-refractivity contribution in [1.29, 1.82) is 0 Å². The number of hydrogen-bond donors (Lipinski definition) is 1. The minimum atomic E-state index is -0.648. The van der Waals surface area contributed by atoms with E-state index in [1.165, 1.54) is 12.8 Å². The highest BCUT2D eigenvalue weighted by Gasteiger charge is 2.37. The summed E-state index contributed by atoms with van der Waals surface area (Å²) in [5, 5.41) is 0. The lowest BCUT2D eigenvalue weighted by atomic mass is 9.73. The Hall–Kier alpha value is -0.770. The van der Waals surface area contributed by atoms with Gasteiger partial charge in [-0.3, -0.25) is 0 Å². The van der Waals surface area contributed by atoms with E-state index in [0.717, 1.165) is 12.8 Å². The van der Waals surface area contributed by atoms with Gasteiger partial charge in [0.1, 0.15) is 6.10 Å². The van der Waals surface area contributed by atoms with E-state index < -0.39 is 6.09 Å². The lowest BCUT2D eigenvalue weighted by Gasteiger charge is -2.40. The average molecular weight is 256 g/mol. The summed E-state index contributed by atoms with van der Waals surface area (Å²) in [5.74, 6) is 0.439. The van der Waals surface area contributed by atoms with Gasteiger partial charge in [0.05, 0.1) is 0 Å². The molecule has 1 rings (SSSR count). The molecule has 1 aliphatic carbocycles. The molecule has 0 aliphatic heterocycles. The van der Waals surface area contributed by atoms with E-state index in [1.807, 2.05) is 0 Å². The molecule has 18 heavy (non-hydrogen) atoms. The van der Waals surface area contributed by atoms with Gasteiger partial charge in [-0.1, -0.05) is 20.8 Å². The molecule has 1 saturated carbocycles. The monoisotopic (exact) mass is 256 g/mol. The number of ether oxygens (including phenoxy) is 1. The number of primary amides is 1. The Morgan fingerprint density at radius 1 is 1.22 bits per heavy atom. The lowest BCUT2D eigenvalue weighted by molar-refractivity contribution is -0.0210. The highest BCUT2D eigenvalue weighted by atomic mass is 16.6. The predicted octanol–water partition coefficient (Wildman–Crippen LogP) is 2.62. The highest BCUT2D eigenvalue weighted by Crippen LogP contribution is 2.37. The van der Waals surface area contributed by atoms with Crippen molar-refractivity contribution in [2.45, 2.75) is 58.6 Å². The minimum absolute atomic E-state index is 0.0509. The third-order valence-corrected chi connectivity index (χ3v) is 4.00. The fourth-order valence-corrected chi connectivity index (χ4v) is 3.03. The summed E-state index contributed by atoms with van der Waals surface area (Å²) in [6, 6.07) is 0.662. The molecule has 0 spiro atoms. The quantitative estimate of drug-likeness (QED) is 0.844. The van der Waals surface area contributed by atoms with Crippen molar-refractivity contribution >= 4 is 6.09 Å². The van der Waals surface area contributed by atoms with Gasteiger partial charge in [-0.15, -0.1) is 0 Å². The Morgan fingerprint density at radius 2 is 1.72 bits per heavy atom. The van der Waals surface area contributed by atoms with E-state index in [1.54, 1.807) is 0 Å². The Morgan fingerprint density at radius 3 is 2.06 bits per heavy atom. The molecule has 0 aromatic rings. The number of nitrogens with zero attached hydrogens (tertiary/aromatic N) is 1. The van der Waals surface area contributed by atoms with Gasteiger partial charge in [0.2, 0.25) is 0 Å². The van der Waals surface area contributed by atoms with Crippen LogP contribution in [0.4, 0.5) is 4.79 Å². The predicted molar refractivity (Wildman–Crippen MR) is 73.3 cm³/mol. The van der Waals surface area contributed by atoms with Crippen LogP contribution in [0.2, 0.25) is 0 Å². The zero-order valence-electron chi connectivity index (χ0n) is 12.4. The maximum Gasteiger partial charge on any atom is 0.404 e. The molecule has 1 unspecified atom stereocenters. The Kier molecular flexibility index (Phi) is 5.02. The van der Waals surface area contributed by atoms with Gasteiger partial charge < -0.3 is 15.4 Å². The van der Waals surface area contributed by atoms with Crippen molar-refractivity contribution in [3.63, 3.8) is 0 Å². The van der Waals surface area contributed by atoms with Crippen LogP contribution in [0.5, 0.6) is 0 Å². The Bertz CT molecular complexity index is 276. The van der Waals surface area contributed by atoms with E-state index in [0.29, 0.717) is 12.0 Å². The number of hydrogen-bond acceptors (Lipinski definition) is 3. The van der Waals surface area contributed by atoms with E-state index in [-0.39, 0.29) is 11.5 Å². The van der Waals surface area contributed by atoms with Crippen LogP contribution in [0.25, 0.3) is 0 Å². The lowest BCUT2D eigenvalue weighted by Crippen LogP contribution is -2.43. The summed E-state index contributed by atoms with van der Waals surface area (Å²) < 4.78 is 5.38. The third-order valence-electron chi connectivity index (χ3n) is 4.00. The van der Waals surface area contributed by atoms with Crippen LogP contribution < -0.4 is 5.73 Å². The first-order chi connectivity index (χ1) is 8.21. The zero-order valence-corrected chi connectivity index (χ0v) is 12.4. The van der Waals surface area contributed by atoms with Crippen molar-refractivity contribution in [2.24, 2.45) is 17.1 Å². The highest BCUT2D eigenvalue weighted by molar-refractivity contribution is 5.64. The molecular formula is C14H28N2O2. The molecule has 0 aromatic heterocycles. The molecular weight excluding hydrogens is 228 g/mol. The van der Waals surface area contributed by atoms with Crippen LogP contribution in [0.1, 0.15) is 46.5 Å². The topological polar surface area (TPSA) is 55.6 Å². The van der Waals surface area contributed by atoms with Crippen LogP contribution in [0, 0.1) is 11.3 Å². The normalized spacial score (nSPS) is 27.0. The largest absolute Gasteiger partial charge is 0.446 e. The molecule has 0 radical (unpaired) electrons. The number of carbonyl (C=O) groups excluding carboxylic acids is 1. The SMILES string of the molecule is CN(C)C1CCC(C(OC(N)=O)C(C)(C)C)CC1. The van der Waals surface area contributed by atoms with Gasteiger partial charge in [0.15, 0.2) is 0 Å². The van der Waals surface area contributed by atoms with Crippen LogP contribution in [-0.4, -0.2) is 37.2 Å². The Balaban J connectivity index is 2.63. The van der Waals surface area contributed by atoms with Gasteiger partial charge in [0.25, 0.3) is 0 Å². The molecule has 0 heterocycles. The molecule has 0 aromatic carbocycles. The first-order valence-electron chi connectivity index (χ1n) is 6.84. The molecule has 4 heteroatoms. The van der Waals surface area contributed by atoms with Crippen molar-refractivity contribution in [1.82, 2.24) is 4.90 Å². The Labute approximate surface area is 111 Å². The molecule has 2 N–H and O–H groups in total. The van der Waals surface area contributed by atoms with Gasteiger partial charge >= 0.3 is 6.09 Å². The van der Waals surface area contributed by atoms with Crippen molar-refractivity contribution in [3.8, 4) is 0 Å². The molecule has 0 saturated heterocycles. The maximum atomic E-state index is 11.1. The fourth-order valence-electron chi connectivity index (χ4n) is 3.03. The molecule has 1 amide bonds. The summed E-state index contributed by atoms with van der Waals surface area (Å²) in [6.07, 6.45) is 3.84. The van der Waals surface area contributed by atoms with Crippen molar-refractivity contribution in [2.75, 3.05) is 14.1 Å². The summed E-state index contributed by atoms with van der Waals surface area (Å²) in [5.41, 5.74) is 5.15. The third kappa shape index (κ3) is 4.16. The van der Waals surface area contributed by atoms with Gasteiger partial charge in [-0.05, 0) is 51.1 Å². The van der Waals surface area contributed by atoms with E-state index in [4.69, 9.17) is 10.5 Å². The second-order valence-corrected chi connectivity index (χ2v) is 6.76. The first-order valence-corrected chi connectivity index (χ1v) is 6.84. The van der Waals surface area contributed by atoms with Crippen LogP contribution in [0.3, 0.4) is 0 Å². The second-order valence-electron chi connectivity index (χ2n) is 6.76. The maximum absolute atomic E-state index is 11.1. The molecule has 1 aliphatic rings. The van der Waals surface area contributed by atoms with E-state index in [2.05, 4.69) is 39.8 Å². The molecule has 106 valence electrons. The van der Waals surface area contributed by atoms with Crippen LogP contribution >= 0.6 is 0 Å². The summed E-state index contributed by atoms with van der Waals surface area (Å²) in [6.45, 7) is 6.33. The first kappa shape index (κ1) is 15.3. The van der Waals surface area contributed by atoms with Gasteiger partial charge in [-0.2, -0.15) is 0 Å². The van der Waals surface area contributed by atoms with Gasteiger partial charge in [0, 0.05) is 6.04 Å². The average Bonchev–Trinajstić information content (AvgIpc) is 2.24. The van der Waals surface area contributed by atoms with Crippen LogP contribution in [-0.2, 0) is 4.74 Å². The second kappa shape index (κ2) is 5.91. The molecule has 0 bridgehead atoms. The molecule has 1 atom stereocenters. The summed E-state index contributed by atoms with van der Waals surface area (Å²) in [4.78, 5) is 13.4. The number of amides is 1. The van der Waals surface area contributed by atoms with E-state index >= 15 is 0 Å². The standard InChI is InChI=1S/C14H28N2O2/c1-14(2,3)12(18-13(15)17)10-6-8-11(9-7-10)16(4)5/h10-12H,6-9H2,1-5H3,(H2,15,17). The minimum Gasteiger partial charge on any atom is -0.446 e. The smallest absolute Gasteiger partial charge is 0.404 e. The fraction of sp³-hybridized carbons (Fsp3) is 0.929. The van der Waals surface area contributed by atoms with E-state index in [9.17, 15) is 4.79 Å². The number of rotatable bonds is 3. The summed E-state index contributed by atoms with van der Waals surface area (Å²) >= 11 is 0. The van der Waals surface area contributed by atoms with Crippen molar-refractivity contribution < 1.29 is 9.53 Å². The molecule has 4 nitrogen and oxygen atoms in total. The molecule has 1 fully saturated rings. The number of carbonyl (C=O) groups is 1. The van der Waals surface area contributed by atoms with Crippen LogP contribution in [0.15, 0.2) is 0 Å². The van der Waals surface area contributed by atoms with Gasteiger partial charge in [-0.25, -0.2) is 4.79 Å². The summed E-state index contributed by atoms with van der Waals surface area (Å²) in [7, 11) is 4.26. The van der Waals surface area contributed by atoms with Crippen molar-refractivity contribution in [3.05, 3.63) is 0 Å². The zero-order chi connectivity index (χ0) is 13.9. The number of nitrogens with two attached hydrogens (primary N) is 1.